The summed E-state index contributed by atoms with van der Waals surface area (Å²) in [5, 5.41) is 9.14. The number of nitriles is 1. The minimum absolute atomic E-state index is 0.558. The molecule has 0 saturated heterocycles. The first-order valence-corrected chi connectivity index (χ1v) is 7.20. The Morgan fingerprint density at radius 1 is 1.32 bits per heavy atom. The zero-order valence-electron chi connectivity index (χ0n) is 12.6. The molecule has 0 atom stereocenters. The number of pyridine rings is 1. The van der Waals surface area contributed by atoms with Crippen LogP contribution < -0.4 is 0 Å². The van der Waals surface area contributed by atoms with Crippen molar-refractivity contribution in [3.63, 3.8) is 0 Å². The molecule has 0 saturated carbocycles. The number of nitrogens with zero attached hydrogens (tertiary/aromatic N) is 3. The van der Waals surface area contributed by atoms with Crippen LogP contribution >= 0.6 is 0 Å². The normalized spacial score (nSPS) is 11.3. The van der Waals surface area contributed by atoms with Crippen molar-refractivity contribution in [3.8, 4) is 6.07 Å². The highest BCUT2D eigenvalue weighted by Crippen LogP contribution is 2.17. The van der Waals surface area contributed by atoms with Crippen molar-refractivity contribution in [3.05, 3.63) is 29.6 Å². The van der Waals surface area contributed by atoms with E-state index in [4.69, 9.17) is 5.26 Å². The fourth-order valence-electron chi connectivity index (χ4n) is 2.50. The topological polar surface area (TPSA) is 39.9 Å². The molecule has 3 nitrogen and oxygen atoms in total. The smallest absolute Gasteiger partial charge is 0.144 e. The quantitative estimate of drug-likeness (QED) is 0.751. The molecule has 0 unspecified atom stereocenters. The molecule has 0 amide bonds. The predicted octanol–water partition coefficient (Wildman–Crippen LogP) is 3.60. The number of hydrogen-bond donors (Lipinski definition) is 0. The standard InChI is InChI=1S/C16H25N3/c1-5-15(6-2)19(11-13(3)4)12-14-8-7-9-18-16(14)10-17/h7-9,13,15H,5-6,11-12H2,1-4H3. The van der Waals surface area contributed by atoms with E-state index in [0.29, 0.717) is 17.7 Å². The lowest BCUT2D eigenvalue weighted by Crippen LogP contribution is -2.37. The molecule has 0 fully saturated rings. The summed E-state index contributed by atoms with van der Waals surface area (Å²) in [5.41, 5.74) is 1.60. The molecule has 1 aromatic rings. The minimum Gasteiger partial charge on any atom is -0.296 e. The van der Waals surface area contributed by atoms with E-state index in [1.54, 1.807) is 6.20 Å². The Morgan fingerprint density at radius 2 is 2.00 bits per heavy atom. The molecule has 1 rings (SSSR count). The maximum Gasteiger partial charge on any atom is 0.144 e. The molecule has 0 aliphatic heterocycles. The van der Waals surface area contributed by atoms with Gasteiger partial charge in [-0.25, -0.2) is 4.98 Å². The molecule has 1 aromatic heterocycles. The van der Waals surface area contributed by atoms with Gasteiger partial charge in [0, 0.05) is 30.9 Å². The van der Waals surface area contributed by atoms with E-state index >= 15 is 0 Å². The van der Waals surface area contributed by atoms with Gasteiger partial charge in [-0.2, -0.15) is 5.26 Å². The van der Waals surface area contributed by atoms with Crippen LogP contribution in [-0.4, -0.2) is 22.5 Å². The third kappa shape index (κ3) is 4.65. The largest absolute Gasteiger partial charge is 0.296 e. The van der Waals surface area contributed by atoms with Gasteiger partial charge in [-0.15, -0.1) is 0 Å². The minimum atomic E-state index is 0.558. The maximum absolute atomic E-state index is 9.14. The summed E-state index contributed by atoms with van der Waals surface area (Å²) >= 11 is 0. The lowest BCUT2D eigenvalue weighted by molar-refractivity contribution is 0.157. The molecule has 0 bridgehead atoms. The first kappa shape index (κ1) is 15.7. The van der Waals surface area contributed by atoms with E-state index in [1.807, 2.05) is 12.1 Å². The van der Waals surface area contributed by atoms with Gasteiger partial charge in [-0.1, -0.05) is 33.8 Å². The van der Waals surface area contributed by atoms with Gasteiger partial charge in [-0.3, -0.25) is 4.90 Å². The molecular weight excluding hydrogens is 234 g/mol. The summed E-state index contributed by atoms with van der Waals surface area (Å²) in [6, 6.07) is 6.70. The van der Waals surface area contributed by atoms with Gasteiger partial charge in [0.1, 0.15) is 11.8 Å². The van der Waals surface area contributed by atoms with Gasteiger partial charge in [0.25, 0.3) is 0 Å². The second-order valence-corrected chi connectivity index (χ2v) is 5.42. The van der Waals surface area contributed by atoms with Crippen LogP contribution in [0.2, 0.25) is 0 Å². The summed E-state index contributed by atoms with van der Waals surface area (Å²) in [6.07, 6.45) is 3.97. The van der Waals surface area contributed by atoms with E-state index < -0.39 is 0 Å². The van der Waals surface area contributed by atoms with Crippen LogP contribution in [0.1, 0.15) is 51.8 Å². The molecule has 19 heavy (non-hydrogen) atoms. The van der Waals surface area contributed by atoms with E-state index in [-0.39, 0.29) is 0 Å². The highest BCUT2D eigenvalue weighted by molar-refractivity contribution is 5.30. The van der Waals surface area contributed by atoms with Crippen molar-refractivity contribution in [2.45, 2.75) is 53.1 Å². The van der Waals surface area contributed by atoms with E-state index in [1.165, 1.54) is 0 Å². The highest BCUT2D eigenvalue weighted by atomic mass is 15.2. The molecule has 0 N–H and O–H groups in total. The Balaban J connectivity index is 2.90. The predicted molar refractivity (Wildman–Crippen MR) is 78.6 cm³/mol. The van der Waals surface area contributed by atoms with Gasteiger partial charge < -0.3 is 0 Å². The monoisotopic (exact) mass is 259 g/mol. The fraction of sp³-hybridized carbons (Fsp3) is 0.625. The average molecular weight is 259 g/mol. The van der Waals surface area contributed by atoms with Crippen LogP contribution in [0, 0.1) is 17.2 Å². The lowest BCUT2D eigenvalue weighted by Gasteiger charge is -2.32. The van der Waals surface area contributed by atoms with Gasteiger partial charge in [0.15, 0.2) is 0 Å². The Hall–Kier alpha value is -1.40. The molecule has 3 heteroatoms. The van der Waals surface area contributed by atoms with Crippen molar-refractivity contribution >= 4 is 0 Å². The Labute approximate surface area is 117 Å². The summed E-state index contributed by atoms with van der Waals surface area (Å²) in [4.78, 5) is 6.64. The third-order valence-electron chi connectivity index (χ3n) is 3.43. The van der Waals surface area contributed by atoms with Crippen molar-refractivity contribution in [2.75, 3.05) is 6.54 Å². The zero-order valence-corrected chi connectivity index (χ0v) is 12.6. The van der Waals surface area contributed by atoms with Crippen LogP contribution in [0.25, 0.3) is 0 Å². The first-order chi connectivity index (χ1) is 9.12. The van der Waals surface area contributed by atoms with Crippen molar-refractivity contribution in [1.29, 1.82) is 5.26 Å². The Morgan fingerprint density at radius 3 is 2.53 bits per heavy atom. The number of hydrogen-bond acceptors (Lipinski definition) is 3. The van der Waals surface area contributed by atoms with Crippen molar-refractivity contribution in [1.82, 2.24) is 9.88 Å². The highest BCUT2D eigenvalue weighted by Gasteiger charge is 2.18. The molecule has 0 aliphatic rings. The van der Waals surface area contributed by atoms with Crippen LogP contribution in [0.3, 0.4) is 0 Å². The Bertz CT molecular complexity index is 416. The molecule has 0 spiro atoms. The van der Waals surface area contributed by atoms with Gasteiger partial charge in [0.2, 0.25) is 0 Å². The second-order valence-electron chi connectivity index (χ2n) is 5.42. The summed E-state index contributed by atoms with van der Waals surface area (Å²) in [6.45, 7) is 10.8. The second kappa shape index (κ2) is 7.91. The first-order valence-electron chi connectivity index (χ1n) is 7.20. The maximum atomic E-state index is 9.14. The molecule has 104 valence electrons. The van der Waals surface area contributed by atoms with E-state index in [9.17, 15) is 0 Å². The molecule has 0 radical (unpaired) electrons. The van der Waals surface area contributed by atoms with Crippen LogP contribution in [-0.2, 0) is 6.54 Å². The lowest BCUT2D eigenvalue weighted by atomic mass is 10.1. The van der Waals surface area contributed by atoms with Crippen molar-refractivity contribution < 1.29 is 0 Å². The third-order valence-corrected chi connectivity index (χ3v) is 3.43. The van der Waals surface area contributed by atoms with Crippen LogP contribution in [0.15, 0.2) is 18.3 Å². The van der Waals surface area contributed by atoms with Crippen molar-refractivity contribution in [2.24, 2.45) is 5.92 Å². The number of aromatic nitrogens is 1. The molecule has 1 heterocycles. The van der Waals surface area contributed by atoms with E-state index in [2.05, 4.69) is 43.6 Å². The van der Waals surface area contributed by atoms with Crippen LogP contribution in [0.5, 0.6) is 0 Å². The van der Waals surface area contributed by atoms with Crippen LogP contribution in [0.4, 0.5) is 0 Å². The fourth-order valence-corrected chi connectivity index (χ4v) is 2.50. The number of rotatable bonds is 7. The average Bonchev–Trinajstić information content (AvgIpc) is 2.40. The van der Waals surface area contributed by atoms with E-state index in [0.717, 1.165) is 31.5 Å². The van der Waals surface area contributed by atoms with Gasteiger partial charge in [-0.05, 0) is 24.8 Å². The Kier molecular flexibility index (Phi) is 6.52. The van der Waals surface area contributed by atoms with Gasteiger partial charge >= 0.3 is 0 Å². The van der Waals surface area contributed by atoms with Gasteiger partial charge in [0.05, 0.1) is 0 Å². The molecule has 0 aliphatic carbocycles. The summed E-state index contributed by atoms with van der Waals surface area (Å²) in [5.74, 6) is 0.628. The SMILES string of the molecule is CCC(CC)N(Cc1cccnc1C#N)CC(C)C. The molecule has 0 aromatic carbocycles. The summed E-state index contributed by atoms with van der Waals surface area (Å²) in [7, 11) is 0. The molecular formula is C16H25N3. The zero-order chi connectivity index (χ0) is 14.3. The summed E-state index contributed by atoms with van der Waals surface area (Å²) < 4.78 is 0.